The molecule has 0 fully saturated rings. The number of unbranched alkanes of at least 4 members (excludes halogenated alkanes) is 18. The van der Waals surface area contributed by atoms with E-state index >= 15 is 0 Å². The van der Waals surface area contributed by atoms with Crippen LogP contribution in [0.15, 0.2) is 85.1 Å². The van der Waals surface area contributed by atoms with Crippen molar-refractivity contribution in [2.45, 2.75) is 226 Å². The van der Waals surface area contributed by atoms with Gasteiger partial charge in [0.15, 0.2) is 6.10 Å². The van der Waals surface area contributed by atoms with Crippen molar-refractivity contribution >= 4 is 17.9 Å². The zero-order chi connectivity index (χ0) is 43.7. The molecule has 0 aromatic carbocycles. The lowest BCUT2D eigenvalue weighted by Gasteiger charge is -2.18. The highest BCUT2D eigenvalue weighted by Gasteiger charge is 2.19. The molecular weight excluding hydrogens is 745 g/mol. The number of hydrogen-bond acceptors (Lipinski definition) is 6. The minimum absolute atomic E-state index is 0.0959. The number of carbonyl (C=O) groups excluding carboxylic acids is 3. The van der Waals surface area contributed by atoms with E-state index < -0.39 is 6.10 Å². The van der Waals surface area contributed by atoms with Crippen LogP contribution >= 0.6 is 0 Å². The van der Waals surface area contributed by atoms with Crippen LogP contribution in [0.4, 0.5) is 0 Å². The van der Waals surface area contributed by atoms with Crippen molar-refractivity contribution < 1.29 is 28.6 Å². The third-order valence-corrected chi connectivity index (χ3v) is 10.1. The molecule has 0 amide bonds. The summed E-state index contributed by atoms with van der Waals surface area (Å²) in [6.45, 7) is 6.39. The highest BCUT2D eigenvalue weighted by atomic mass is 16.6. The molecule has 60 heavy (non-hydrogen) atoms. The lowest BCUT2D eigenvalue weighted by Crippen LogP contribution is -2.30. The summed E-state index contributed by atoms with van der Waals surface area (Å²) in [5.41, 5.74) is 0. The zero-order valence-corrected chi connectivity index (χ0v) is 38.9. The van der Waals surface area contributed by atoms with E-state index in [-0.39, 0.29) is 31.1 Å². The average Bonchev–Trinajstić information content (AvgIpc) is 3.24. The third kappa shape index (κ3) is 45.7. The summed E-state index contributed by atoms with van der Waals surface area (Å²) >= 11 is 0. The first-order valence-corrected chi connectivity index (χ1v) is 24.6. The van der Waals surface area contributed by atoms with Crippen LogP contribution in [0.25, 0.3) is 0 Å². The molecule has 0 saturated carbocycles. The van der Waals surface area contributed by atoms with E-state index in [0.717, 1.165) is 128 Å². The summed E-state index contributed by atoms with van der Waals surface area (Å²) < 4.78 is 16.7. The van der Waals surface area contributed by atoms with Gasteiger partial charge in [-0.3, -0.25) is 14.4 Å². The maximum Gasteiger partial charge on any atom is 0.306 e. The van der Waals surface area contributed by atoms with Crippen LogP contribution in [0.3, 0.4) is 0 Å². The Labute approximate surface area is 369 Å². The van der Waals surface area contributed by atoms with Crippen molar-refractivity contribution in [2.24, 2.45) is 0 Å². The highest BCUT2D eigenvalue weighted by molar-refractivity contribution is 5.71. The molecule has 0 spiro atoms. The Bertz CT molecular complexity index is 1190. The Hall–Kier alpha value is -3.41. The van der Waals surface area contributed by atoms with Gasteiger partial charge in [0.1, 0.15) is 13.2 Å². The summed E-state index contributed by atoms with van der Waals surface area (Å²) in [6.07, 6.45) is 61.4. The standard InChI is InChI=1S/C54H90O6/c1-4-7-10-13-16-19-22-24-25-26-27-28-29-31-32-35-38-41-44-47-53(56)59-50-51(49-58-52(55)46-43-40-37-34-21-18-15-12-9-6-3)60-54(57)48-45-42-39-36-33-30-23-20-17-14-11-8-5-2/h7,10,12,15-16,19-20,23-25,27-28,31-32,51H,4-6,8-9,11,13-14,17-18,21-22,26,29-30,33-50H2,1-3H3/b10-7-,15-12-,19-16-,23-20-,25-24-,28-27-,32-31-. The summed E-state index contributed by atoms with van der Waals surface area (Å²) in [6, 6.07) is 0. The Morgan fingerprint density at radius 3 is 1.12 bits per heavy atom. The van der Waals surface area contributed by atoms with Gasteiger partial charge in [0.25, 0.3) is 0 Å². The fraction of sp³-hybridized carbons (Fsp3) is 0.685. The molecule has 0 saturated heterocycles. The molecule has 0 aliphatic carbocycles. The number of carbonyl (C=O) groups is 3. The summed E-state index contributed by atoms with van der Waals surface area (Å²) in [4.78, 5) is 37.8. The molecule has 0 heterocycles. The van der Waals surface area contributed by atoms with Crippen LogP contribution in [-0.4, -0.2) is 37.2 Å². The van der Waals surface area contributed by atoms with E-state index in [1.165, 1.54) is 51.4 Å². The van der Waals surface area contributed by atoms with Crippen molar-refractivity contribution in [3.8, 4) is 0 Å². The van der Waals surface area contributed by atoms with E-state index in [0.29, 0.717) is 19.3 Å². The smallest absolute Gasteiger partial charge is 0.306 e. The van der Waals surface area contributed by atoms with Crippen LogP contribution < -0.4 is 0 Å². The number of allylic oxidation sites excluding steroid dienone is 14. The first-order chi connectivity index (χ1) is 29.5. The number of ether oxygens (including phenoxy) is 3. The van der Waals surface area contributed by atoms with Gasteiger partial charge in [-0.15, -0.1) is 0 Å². The Morgan fingerprint density at radius 1 is 0.350 bits per heavy atom. The van der Waals surface area contributed by atoms with E-state index in [9.17, 15) is 14.4 Å². The lowest BCUT2D eigenvalue weighted by molar-refractivity contribution is -0.167. The zero-order valence-electron chi connectivity index (χ0n) is 38.9. The minimum atomic E-state index is -0.796. The van der Waals surface area contributed by atoms with E-state index in [2.05, 4.69) is 106 Å². The van der Waals surface area contributed by atoms with Crippen LogP contribution in [0, 0.1) is 0 Å². The minimum Gasteiger partial charge on any atom is -0.462 e. The van der Waals surface area contributed by atoms with Crippen molar-refractivity contribution in [3.05, 3.63) is 85.1 Å². The highest BCUT2D eigenvalue weighted by Crippen LogP contribution is 2.13. The van der Waals surface area contributed by atoms with Gasteiger partial charge in [0, 0.05) is 19.3 Å². The molecular formula is C54H90O6. The largest absolute Gasteiger partial charge is 0.462 e. The van der Waals surface area contributed by atoms with Crippen molar-refractivity contribution in [1.29, 1.82) is 0 Å². The second kappa shape index (κ2) is 48.3. The first-order valence-electron chi connectivity index (χ1n) is 24.6. The van der Waals surface area contributed by atoms with Gasteiger partial charge in [0.05, 0.1) is 0 Å². The van der Waals surface area contributed by atoms with Crippen LogP contribution in [-0.2, 0) is 28.6 Å². The van der Waals surface area contributed by atoms with Crippen molar-refractivity contribution in [2.75, 3.05) is 13.2 Å². The Balaban J connectivity index is 4.43. The SMILES string of the molecule is CC/C=C\C/C=C\C/C=C\C/C=C\C/C=C\CCCCCC(=O)OCC(COC(=O)CCCCCCC/C=C\CCC)OC(=O)CCCCCCC/C=C\CCCCCC. The van der Waals surface area contributed by atoms with Crippen molar-refractivity contribution in [1.82, 2.24) is 0 Å². The maximum absolute atomic E-state index is 12.7. The number of hydrogen-bond donors (Lipinski definition) is 0. The molecule has 0 aliphatic heterocycles. The molecule has 6 nitrogen and oxygen atoms in total. The second-order valence-corrected chi connectivity index (χ2v) is 16.0. The number of esters is 3. The predicted octanol–water partition coefficient (Wildman–Crippen LogP) is 16.0. The van der Waals surface area contributed by atoms with Crippen LogP contribution in [0.1, 0.15) is 220 Å². The maximum atomic E-state index is 12.7. The van der Waals surface area contributed by atoms with Gasteiger partial charge in [-0.25, -0.2) is 0 Å². The summed E-state index contributed by atoms with van der Waals surface area (Å²) in [5, 5.41) is 0. The summed E-state index contributed by atoms with van der Waals surface area (Å²) in [7, 11) is 0. The molecule has 0 bridgehead atoms. The lowest BCUT2D eigenvalue weighted by atomic mass is 10.1. The molecule has 0 aliphatic rings. The van der Waals surface area contributed by atoms with E-state index in [4.69, 9.17) is 14.2 Å². The summed E-state index contributed by atoms with van der Waals surface area (Å²) in [5.74, 6) is -0.953. The van der Waals surface area contributed by atoms with Gasteiger partial charge in [-0.05, 0) is 109 Å². The molecule has 0 radical (unpaired) electrons. The van der Waals surface area contributed by atoms with Gasteiger partial charge in [0.2, 0.25) is 0 Å². The molecule has 0 rings (SSSR count). The van der Waals surface area contributed by atoms with E-state index in [1.807, 2.05) is 0 Å². The first kappa shape index (κ1) is 56.6. The normalized spacial score (nSPS) is 12.8. The van der Waals surface area contributed by atoms with Gasteiger partial charge < -0.3 is 14.2 Å². The Morgan fingerprint density at radius 2 is 0.683 bits per heavy atom. The molecule has 0 aromatic rings. The Kier molecular flexibility index (Phi) is 45.5. The number of rotatable bonds is 43. The third-order valence-electron chi connectivity index (χ3n) is 10.1. The van der Waals surface area contributed by atoms with Gasteiger partial charge in [-0.1, -0.05) is 176 Å². The second-order valence-electron chi connectivity index (χ2n) is 16.0. The van der Waals surface area contributed by atoms with Gasteiger partial charge in [-0.2, -0.15) is 0 Å². The predicted molar refractivity (Wildman–Crippen MR) is 256 cm³/mol. The van der Waals surface area contributed by atoms with E-state index in [1.54, 1.807) is 0 Å². The molecule has 342 valence electrons. The van der Waals surface area contributed by atoms with Gasteiger partial charge >= 0.3 is 17.9 Å². The van der Waals surface area contributed by atoms with Crippen molar-refractivity contribution in [3.63, 3.8) is 0 Å². The fourth-order valence-corrected chi connectivity index (χ4v) is 6.40. The quantitative estimate of drug-likeness (QED) is 0.0263. The monoisotopic (exact) mass is 835 g/mol. The molecule has 1 unspecified atom stereocenters. The van der Waals surface area contributed by atoms with Crippen LogP contribution in [0.2, 0.25) is 0 Å². The molecule has 0 aromatic heterocycles. The molecule has 6 heteroatoms. The average molecular weight is 835 g/mol. The van der Waals surface area contributed by atoms with Crippen LogP contribution in [0.5, 0.6) is 0 Å². The fourth-order valence-electron chi connectivity index (χ4n) is 6.40. The molecule has 0 N–H and O–H groups in total. The molecule has 1 atom stereocenters. The topological polar surface area (TPSA) is 78.9 Å².